The molecule has 0 aromatic carbocycles. The minimum atomic E-state index is 0. The second kappa shape index (κ2) is 44.7. The molecule has 0 unspecified atom stereocenters. The Labute approximate surface area is 80.9 Å². The van der Waals surface area contributed by atoms with E-state index in [9.17, 15) is 0 Å². The van der Waals surface area contributed by atoms with Gasteiger partial charge in [-0.2, -0.15) is 3.84 Å². The van der Waals surface area contributed by atoms with Crippen LogP contribution in [-0.4, -0.2) is 0 Å². The van der Waals surface area contributed by atoms with Crippen molar-refractivity contribution < 1.29 is 57.8 Å². The molecule has 0 saturated heterocycles. The molecule has 0 aliphatic rings. The summed E-state index contributed by atoms with van der Waals surface area (Å²) in [5, 5.41) is 0. The summed E-state index contributed by atoms with van der Waals surface area (Å²) in [6, 6.07) is 0. The second-order valence-electron chi connectivity index (χ2n) is 0.0583. The molecule has 0 heterocycles. The van der Waals surface area contributed by atoms with Crippen molar-refractivity contribution in [2.45, 2.75) is 0 Å². The minimum absolute atomic E-state index is 0. The first-order chi connectivity index (χ1) is 2.41. The van der Waals surface area contributed by atoms with Crippen LogP contribution < -0.4 is 0 Å². The van der Waals surface area contributed by atoms with Crippen LogP contribution in [0.25, 0.3) is 0 Å². The van der Waals surface area contributed by atoms with E-state index >= 15 is 0 Å². The van der Waals surface area contributed by atoms with Gasteiger partial charge >= 0.3 is 19.8 Å². The van der Waals surface area contributed by atoms with Crippen molar-refractivity contribution in [3.63, 3.8) is 0 Å². The molecule has 2 nitrogen and oxygen atoms in total. The number of hydrogen-bond acceptors (Lipinski definition) is 2. The Morgan fingerprint density at radius 2 is 1.14 bits per heavy atom. The van der Waals surface area contributed by atoms with Crippen LogP contribution in [-0.2, 0) is 57.8 Å². The van der Waals surface area contributed by atoms with Gasteiger partial charge in [0.1, 0.15) is 0 Å². The van der Waals surface area contributed by atoms with Gasteiger partial charge in [0.15, 0.2) is 0 Å². The Bertz CT molecular complexity index is 14.9. The molecule has 0 saturated carbocycles. The van der Waals surface area contributed by atoms with Gasteiger partial charge in [0.25, 0.3) is 0 Å². The van der Waals surface area contributed by atoms with E-state index in [0.29, 0.717) is 0 Å². The van der Waals surface area contributed by atoms with Gasteiger partial charge in [0.05, 0.1) is 23.7 Å². The quantitative estimate of drug-likeness (QED) is 0.627. The molecule has 0 amide bonds. The summed E-state index contributed by atoms with van der Waals surface area (Å²) >= 11 is 11.5. The fourth-order valence-corrected chi connectivity index (χ4v) is 0. The van der Waals surface area contributed by atoms with Crippen LogP contribution in [0.2, 0.25) is 0 Å². The van der Waals surface area contributed by atoms with Gasteiger partial charge in [-0.15, -0.1) is 0 Å². The van der Waals surface area contributed by atoms with Crippen LogP contribution in [0, 0.1) is 0 Å². The van der Waals surface area contributed by atoms with Crippen molar-refractivity contribution in [3.05, 3.63) is 0 Å². The molecule has 0 N–H and O–H groups in total. The Kier molecular flexibility index (Phi) is 148. The number of hydrogen-bond donors (Lipinski definition) is 0. The van der Waals surface area contributed by atoms with Crippen LogP contribution in [0.15, 0.2) is 0 Å². The standard InChI is InChI=1S/Cl2O.3Cu.O/c1-3-2;;;;. The van der Waals surface area contributed by atoms with Crippen molar-refractivity contribution in [1.82, 2.24) is 0 Å². The maximum absolute atomic E-state index is 7.81. The van der Waals surface area contributed by atoms with Gasteiger partial charge in [-0.1, -0.05) is 0 Å². The van der Waals surface area contributed by atoms with Crippen molar-refractivity contribution >= 4 is 23.7 Å². The molecule has 2 radical (unpaired) electrons. The molecule has 0 fully saturated rings. The van der Waals surface area contributed by atoms with Crippen LogP contribution in [0.5, 0.6) is 0 Å². The molecule has 7 heavy (non-hydrogen) atoms. The van der Waals surface area contributed by atoms with Crippen LogP contribution in [0.3, 0.4) is 0 Å². The van der Waals surface area contributed by atoms with Crippen LogP contribution >= 0.6 is 23.7 Å². The average molecular weight is 294 g/mol. The first kappa shape index (κ1) is 23.1. The second-order valence-corrected chi connectivity index (χ2v) is 0.525. The number of rotatable bonds is 0. The normalized spacial score (nSPS) is 3.43. The van der Waals surface area contributed by atoms with Gasteiger partial charge in [0, 0.05) is 34.1 Å². The van der Waals surface area contributed by atoms with Crippen LogP contribution in [0.4, 0.5) is 0 Å². The first-order valence-corrected chi connectivity index (χ1v) is 1.43. The molecule has 59 valence electrons. The zero-order chi connectivity index (χ0) is 4.71. The average Bonchev–Trinajstić information content (AvgIpc) is 1.46. The van der Waals surface area contributed by atoms with E-state index in [-0.39, 0.29) is 34.1 Å². The van der Waals surface area contributed by atoms with Gasteiger partial charge in [-0.25, -0.2) is 0 Å². The van der Waals surface area contributed by atoms with Gasteiger partial charge in [-0.05, 0) is 0 Å². The van der Waals surface area contributed by atoms with Crippen molar-refractivity contribution in [2.24, 2.45) is 0 Å². The maximum atomic E-state index is 7.81. The van der Waals surface area contributed by atoms with E-state index in [4.69, 9.17) is 3.83 Å². The third-order valence-corrected chi connectivity index (χ3v) is 0. The summed E-state index contributed by atoms with van der Waals surface area (Å²) in [5.41, 5.74) is 0. The molecule has 0 rings (SSSR count). The van der Waals surface area contributed by atoms with Gasteiger partial charge in [0.2, 0.25) is 0 Å². The predicted octanol–water partition coefficient (Wildman–Crippen LogP) is 1.18. The zero-order valence-corrected chi connectivity index (χ0v) is 6.81. The molecule has 0 aliphatic heterocycles. The monoisotopic (exact) mass is 291 g/mol. The van der Waals surface area contributed by atoms with E-state index in [1.807, 2.05) is 0 Å². The Morgan fingerprint density at radius 1 is 1.14 bits per heavy atom. The SMILES string of the molecule is ClOCl.[Cu].[Cu].[O]=[Cu]. The first-order valence-electron chi connectivity index (χ1n) is 0.432. The van der Waals surface area contributed by atoms with E-state index in [1.54, 1.807) is 0 Å². The molecule has 7 heteroatoms. The molecular formula is Cl2Cu3O2. The fraction of sp³-hybridized carbons (Fsp3) is 0. The van der Waals surface area contributed by atoms with Crippen molar-refractivity contribution in [1.29, 1.82) is 0 Å². The van der Waals surface area contributed by atoms with Crippen molar-refractivity contribution in [3.8, 4) is 0 Å². The summed E-state index contributed by atoms with van der Waals surface area (Å²) in [7, 11) is 0. The van der Waals surface area contributed by atoms with E-state index in [0.717, 1.165) is 0 Å². The van der Waals surface area contributed by atoms with Crippen LogP contribution in [0.1, 0.15) is 0 Å². The topological polar surface area (TPSA) is 26.3 Å². The van der Waals surface area contributed by atoms with E-state index in [1.165, 1.54) is 0 Å². The summed E-state index contributed by atoms with van der Waals surface area (Å²) in [5.74, 6) is 0. The summed E-state index contributed by atoms with van der Waals surface area (Å²) in [4.78, 5) is 0. The summed E-state index contributed by atoms with van der Waals surface area (Å²) < 4.78 is 11.0. The predicted molar refractivity (Wildman–Crippen MR) is 13.5 cm³/mol. The molecule has 0 aromatic rings. The van der Waals surface area contributed by atoms with E-state index in [2.05, 4.69) is 43.5 Å². The summed E-state index contributed by atoms with van der Waals surface area (Å²) in [6.07, 6.45) is 0. The van der Waals surface area contributed by atoms with E-state index < -0.39 is 0 Å². The molecule has 0 spiro atoms. The third-order valence-electron chi connectivity index (χ3n) is 0. The van der Waals surface area contributed by atoms with Crippen molar-refractivity contribution in [2.75, 3.05) is 0 Å². The molecule has 0 aliphatic carbocycles. The molecule has 0 atom stereocenters. The Hall–Kier alpha value is 1.90. The molecule has 0 aromatic heterocycles. The Balaban J connectivity index is -0.0000000105. The third kappa shape index (κ3) is 76.2. The fourth-order valence-electron chi connectivity index (χ4n) is 0. The molecular weight excluding hydrogens is 294 g/mol. The van der Waals surface area contributed by atoms with Gasteiger partial charge in [-0.3, -0.25) is 0 Å². The summed E-state index contributed by atoms with van der Waals surface area (Å²) in [6.45, 7) is 0. The number of halogens is 2. The Morgan fingerprint density at radius 3 is 1.14 bits per heavy atom. The van der Waals surface area contributed by atoms with Gasteiger partial charge < -0.3 is 0 Å². The molecule has 0 bridgehead atoms. The zero-order valence-electron chi connectivity index (χ0n) is 2.48.